The smallest absolute Gasteiger partial charge is 0.272 e. The van der Waals surface area contributed by atoms with E-state index in [1.165, 1.54) is 0 Å². The van der Waals surface area contributed by atoms with Gasteiger partial charge in [0.25, 0.3) is 11.8 Å². The van der Waals surface area contributed by atoms with E-state index in [1.54, 1.807) is 23.4 Å². The van der Waals surface area contributed by atoms with E-state index in [0.717, 1.165) is 25.0 Å². The maximum absolute atomic E-state index is 12.5. The van der Waals surface area contributed by atoms with E-state index in [1.807, 2.05) is 4.68 Å². The Balaban J connectivity index is 1.58. The topological polar surface area (TPSA) is 95.9 Å². The zero-order chi connectivity index (χ0) is 15.8. The fraction of sp³-hybridized carbons (Fsp3) is 0.467. The normalized spacial score (nSPS) is 17.5. The molecule has 2 aromatic rings. The van der Waals surface area contributed by atoms with Crippen molar-refractivity contribution in [3.63, 3.8) is 0 Å². The summed E-state index contributed by atoms with van der Waals surface area (Å²) in [7, 11) is 0. The van der Waals surface area contributed by atoms with Crippen LogP contribution in [0.5, 0.6) is 0 Å². The van der Waals surface area contributed by atoms with Crippen LogP contribution in [0.15, 0.2) is 18.5 Å². The molecule has 0 aromatic carbocycles. The van der Waals surface area contributed by atoms with Crippen molar-refractivity contribution in [3.8, 4) is 0 Å². The second-order valence-electron chi connectivity index (χ2n) is 6.03. The monoisotopic (exact) mass is 314 g/mol. The number of carbonyl (C=O) groups excluding carboxylic acids is 2. The first-order valence-corrected chi connectivity index (χ1v) is 7.86. The van der Waals surface area contributed by atoms with Crippen molar-refractivity contribution < 1.29 is 9.59 Å². The number of hydrogen-bond acceptors (Lipinski definition) is 4. The molecule has 120 valence electrons. The second kappa shape index (κ2) is 5.53. The van der Waals surface area contributed by atoms with Crippen LogP contribution < -0.4 is 5.32 Å². The molecule has 4 rings (SSSR count). The van der Waals surface area contributed by atoms with Crippen LogP contribution in [0.1, 0.15) is 45.8 Å². The molecule has 23 heavy (non-hydrogen) atoms. The Hall–Kier alpha value is -2.64. The number of aromatic nitrogens is 4. The lowest BCUT2D eigenvalue weighted by Gasteiger charge is -2.19. The van der Waals surface area contributed by atoms with Gasteiger partial charge < -0.3 is 10.2 Å². The Kier molecular flexibility index (Phi) is 3.36. The van der Waals surface area contributed by atoms with E-state index in [9.17, 15) is 9.59 Å². The molecular formula is C15H18N6O2. The van der Waals surface area contributed by atoms with Gasteiger partial charge in [-0.1, -0.05) is 0 Å². The number of rotatable bonds is 3. The van der Waals surface area contributed by atoms with Gasteiger partial charge in [0.15, 0.2) is 0 Å². The molecule has 1 saturated carbocycles. The van der Waals surface area contributed by atoms with Gasteiger partial charge in [0.2, 0.25) is 0 Å². The molecule has 0 saturated heterocycles. The molecule has 0 radical (unpaired) electrons. The molecule has 1 fully saturated rings. The Morgan fingerprint density at radius 1 is 1.30 bits per heavy atom. The molecule has 2 aliphatic rings. The Morgan fingerprint density at radius 2 is 2.17 bits per heavy atom. The summed E-state index contributed by atoms with van der Waals surface area (Å²) in [5, 5.41) is 13.8. The van der Waals surface area contributed by atoms with Gasteiger partial charge in [0.1, 0.15) is 5.69 Å². The first kappa shape index (κ1) is 14.0. The van der Waals surface area contributed by atoms with E-state index in [0.29, 0.717) is 36.9 Å². The minimum absolute atomic E-state index is 0.0930. The highest BCUT2D eigenvalue weighted by atomic mass is 16.2. The van der Waals surface area contributed by atoms with E-state index in [4.69, 9.17) is 0 Å². The highest BCUT2D eigenvalue weighted by Crippen LogP contribution is 2.22. The standard InChI is InChI=1S/C15H18N6O2/c22-14(18-10-2-3-10)11-8-17-21-7-1-6-20(9-13(11)21)15(23)12-4-5-16-19-12/h4-5,8,10H,1-3,6-7,9H2,(H,16,19)(H,18,22). The molecule has 8 heteroatoms. The largest absolute Gasteiger partial charge is 0.349 e. The summed E-state index contributed by atoms with van der Waals surface area (Å²) >= 11 is 0. The first-order valence-electron chi connectivity index (χ1n) is 7.86. The number of aromatic amines is 1. The molecule has 2 N–H and O–H groups in total. The Morgan fingerprint density at radius 3 is 2.91 bits per heavy atom. The number of fused-ring (bicyclic) bond motifs is 1. The summed E-state index contributed by atoms with van der Waals surface area (Å²) in [6.45, 7) is 1.72. The third-order valence-corrected chi connectivity index (χ3v) is 4.26. The van der Waals surface area contributed by atoms with E-state index >= 15 is 0 Å². The number of carbonyl (C=O) groups is 2. The molecule has 0 bridgehead atoms. The van der Waals surface area contributed by atoms with E-state index in [-0.39, 0.29) is 11.8 Å². The van der Waals surface area contributed by atoms with Gasteiger partial charge in [0.05, 0.1) is 24.0 Å². The molecule has 8 nitrogen and oxygen atoms in total. The lowest BCUT2D eigenvalue weighted by molar-refractivity contribution is 0.0737. The molecule has 1 aliphatic heterocycles. The predicted octanol–water partition coefficient (Wildman–Crippen LogP) is 0.544. The second-order valence-corrected chi connectivity index (χ2v) is 6.03. The lowest BCUT2D eigenvalue weighted by Crippen LogP contribution is -2.32. The van der Waals surface area contributed by atoms with Crippen LogP contribution in [0, 0.1) is 0 Å². The van der Waals surface area contributed by atoms with Crippen molar-refractivity contribution in [1.29, 1.82) is 0 Å². The lowest BCUT2D eigenvalue weighted by atomic mass is 10.2. The number of H-pyrrole nitrogens is 1. The molecule has 0 atom stereocenters. The van der Waals surface area contributed by atoms with E-state index < -0.39 is 0 Å². The fourth-order valence-electron chi connectivity index (χ4n) is 2.84. The fourth-order valence-corrected chi connectivity index (χ4v) is 2.84. The third kappa shape index (κ3) is 2.71. The van der Waals surface area contributed by atoms with Crippen molar-refractivity contribution in [3.05, 3.63) is 35.4 Å². The SMILES string of the molecule is O=C(NC1CC1)c1cnn2c1CN(C(=O)c1ccn[nH]1)CCC2. The van der Waals surface area contributed by atoms with Gasteiger partial charge in [-0.25, -0.2) is 0 Å². The average molecular weight is 314 g/mol. The maximum Gasteiger partial charge on any atom is 0.272 e. The zero-order valence-corrected chi connectivity index (χ0v) is 12.7. The zero-order valence-electron chi connectivity index (χ0n) is 12.7. The summed E-state index contributed by atoms with van der Waals surface area (Å²) in [6.07, 6.45) is 6.05. The van der Waals surface area contributed by atoms with Crippen LogP contribution in [-0.2, 0) is 13.1 Å². The van der Waals surface area contributed by atoms with Gasteiger partial charge in [-0.2, -0.15) is 10.2 Å². The Labute approximate surface area is 132 Å². The van der Waals surface area contributed by atoms with Crippen molar-refractivity contribution in [1.82, 2.24) is 30.2 Å². The van der Waals surface area contributed by atoms with Crippen LogP contribution in [0.3, 0.4) is 0 Å². The number of aryl methyl sites for hydroxylation is 1. The summed E-state index contributed by atoms with van der Waals surface area (Å²) in [5.41, 5.74) is 1.83. The summed E-state index contributed by atoms with van der Waals surface area (Å²) < 4.78 is 1.84. The molecular weight excluding hydrogens is 296 g/mol. The van der Waals surface area contributed by atoms with Gasteiger partial charge in [-0.05, 0) is 25.3 Å². The molecule has 3 heterocycles. The van der Waals surface area contributed by atoms with Crippen molar-refractivity contribution in [2.24, 2.45) is 0 Å². The minimum Gasteiger partial charge on any atom is -0.349 e. The minimum atomic E-state index is -0.106. The van der Waals surface area contributed by atoms with Gasteiger partial charge in [-0.3, -0.25) is 19.4 Å². The Bertz CT molecular complexity index is 731. The molecule has 2 aromatic heterocycles. The van der Waals surface area contributed by atoms with Gasteiger partial charge >= 0.3 is 0 Å². The quantitative estimate of drug-likeness (QED) is 0.864. The first-order chi connectivity index (χ1) is 11.2. The summed E-state index contributed by atoms with van der Waals surface area (Å²) in [5.74, 6) is -0.199. The average Bonchev–Trinajstić information content (AvgIpc) is 3.09. The molecule has 0 unspecified atom stereocenters. The van der Waals surface area contributed by atoms with Crippen molar-refractivity contribution in [2.45, 2.75) is 38.4 Å². The number of amides is 2. The van der Waals surface area contributed by atoms with Crippen LogP contribution in [0.2, 0.25) is 0 Å². The van der Waals surface area contributed by atoms with Gasteiger partial charge in [-0.15, -0.1) is 0 Å². The summed E-state index contributed by atoms with van der Waals surface area (Å²) in [4.78, 5) is 26.6. The number of hydrogen-bond donors (Lipinski definition) is 2. The summed E-state index contributed by atoms with van der Waals surface area (Å²) in [6, 6.07) is 1.96. The number of nitrogens with zero attached hydrogens (tertiary/aromatic N) is 4. The highest BCUT2D eigenvalue weighted by Gasteiger charge is 2.29. The van der Waals surface area contributed by atoms with Crippen LogP contribution in [0.25, 0.3) is 0 Å². The predicted molar refractivity (Wildman–Crippen MR) is 80.7 cm³/mol. The van der Waals surface area contributed by atoms with Crippen LogP contribution in [0.4, 0.5) is 0 Å². The highest BCUT2D eigenvalue weighted by molar-refractivity contribution is 5.96. The number of nitrogens with one attached hydrogen (secondary N) is 2. The van der Waals surface area contributed by atoms with Crippen LogP contribution in [-0.4, -0.2) is 49.3 Å². The third-order valence-electron chi connectivity index (χ3n) is 4.26. The molecule has 2 amide bonds. The van der Waals surface area contributed by atoms with E-state index in [2.05, 4.69) is 20.6 Å². The molecule has 1 aliphatic carbocycles. The molecule has 0 spiro atoms. The maximum atomic E-state index is 12.5. The van der Waals surface area contributed by atoms with Crippen LogP contribution >= 0.6 is 0 Å². The van der Waals surface area contributed by atoms with Gasteiger partial charge in [0, 0.05) is 25.3 Å². The van der Waals surface area contributed by atoms with Crippen molar-refractivity contribution in [2.75, 3.05) is 6.54 Å². The van der Waals surface area contributed by atoms with Crippen molar-refractivity contribution >= 4 is 11.8 Å².